The van der Waals surface area contributed by atoms with Crippen LogP contribution in [0.4, 0.5) is 5.82 Å². The third kappa shape index (κ3) is 2.14. The first kappa shape index (κ1) is 15.1. The molecule has 126 valence electrons. The van der Waals surface area contributed by atoms with Crippen LogP contribution in [0.15, 0.2) is 47.7 Å². The number of hydrazine groups is 1. The molecule has 0 spiro atoms. The second kappa shape index (κ2) is 5.68. The molecule has 5 rings (SSSR count). The normalized spacial score (nSPS) is 13.5. The van der Waals surface area contributed by atoms with Crippen LogP contribution in [0.25, 0.3) is 20.7 Å². The van der Waals surface area contributed by atoms with Gasteiger partial charge in [0.1, 0.15) is 11.2 Å². The van der Waals surface area contributed by atoms with Crippen molar-refractivity contribution in [2.24, 2.45) is 0 Å². The number of fused-ring (bicyclic) bond motifs is 2. The number of rotatable bonds is 3. The largest absolute Gasteiger partial charge is 0.282 e. The van der Waals surface area contributed by atoms with Gasteiger partial charge in [-0.15, -0.1) is 22.7 Å². The summed E-state index contributed by atoms with van der Waals surface area (Å²) in [6.07, 6.45) is 4.30. The Morgan fingerprint density at radius 3 is 2.69 bits per heavy atom. The topological polar surface area (TPSA) is 88.1 Å². The first-order chi connectivity index (χ1) is 12.7. The minimum Gasteiger partial charge on any atom is -0.271 e. The van der Waals surface area contributed by atoms with E-state index < -0.39 is 11.8 Å². The van der Waals surface area contributed by atoms with Crippen LogP contribution in [-0.2, 0) is 0 Å². The van der Waals surface area contributed by atoms with Gasteiger partial charge in [-0.2, -0.15) is 5.01 Å². The second-order valence-electron chi connectivity index (χ2n) is 5.51. The SMILES string of the molecule is O=C1c2ccncc2C(=O)N1Nc1ncnc2scc(-c3cccs3)c12. The molecule has 0 fully saturated rings. The number of hydrogen-bond acceptors (Lipinski definition) is 8. The van der Waals surface area contributed by atoms with E-state index in [2.05, 4.69) is 20.4 Å². The summed E-state index contributed by atoms with van der Waals surface area (Å²) in [6, 6.07) is 5.52. The molecular formula is C17H9N5O2S2. The zero-order valence-electron chi connectivity index (χ0n) is 13.0. The lowest BCUT2D eigenvalue weighted by Gasteiger charge is -2.16. The van der Waals surface area contributed by atoms with E-state index in [0.29, 0.717) is 11.4 Å². The van der Waals surface area contributed by atoms with Gasteiger partial charge in [-0.25, -0.2) is 9.97 Å². The number of hydrogen-bond donors (Lipinski definition) is 1. The lowest BCUT2D eigenvalue weighted by Crippen LogP contribution is -2.35. The van der Waals surface area contributed by atoms with Crippen molar-refractivity contribution in [3.05, 3.63) is 58.8 Å². The molecule has 4 aromatic heterocycles. The number of nitrogens with one attached hydrogen (secondary N) is 1. The summed E-state index contributed by atoms with van der Waals surface area (Å²) < 4.78 is 0. The average molecular weight is 379 g/mol. The van der Waals surface area contributed by atoms with E-state index in [4.69, 9.17) is 0 Å². The Bertz CT molecular complexity index is 1130. The molecule has 26 heavy (non-hydrogen) atoms. The summed E-state index contributed by atoms with van der Waals surface area (Å²) in [6.45, 7) is 0. The monoisotopic (exact) mass is 379 g/mol. The molecule has 1 aliphatic heterocycles. The molecule has 0 unspecified atom stereocenters. The third-order valence-electron chi connectivity index (χ3n) is 4.06. The molecule has 0 bridgehead atoms. The van der Waals surface area contributed by atoms with Crippen LogP contribution in [0.2, 0.25) is 0 Å². The number of thiophene rings is 2. The molecule has 0 radical (unpaired) electrons. The zero-order chi connectivity index (χ0) is 17.7. The third-order valence-corrected chi connectivity index (χ3v) is 5.85. The van der Waals surface area contributed by atoms with Crippen molar-refractivity contribution < 1.29 is 9.59 Å². The molecule has 0 saturated heterocycles. The van der Waals surface area contributed by atoms with Crippen molar-refractivity contribution in [2.75, 3.05) is 5.43 Å². The van der Waals surface area contributed by atoms with Crippen LogP contribution in [0.1, 0.15) is 20.7 Å². The molecule has 1 aliphatic rings. The van der Waals surface area contributed by atoms with Gasteiger partial charge in [-0.1, -0.05) is 6.07 Å². The van der Waals surface area contributed by atoms with Gasteiger partial charge in [0, 0.05) is 28.2 Å². The molecule has 9 heteroatoms. The Hall–Kier alpha value is -3.17. The van der Waals surface area contributed by atoms with Gasteiger partial charge in [0.05, 0.1) is 16.5 Å². The first-order valence-corrected chi connectivity index (χ1v) is 9.35. The maximum Gasteiger partial charge on any atom is 0.282 e. The number of carbonyl (C=O) groups excluding carboxylic acids is 2. The van der Waals surface area contributed by atoms with E-state index in [1.54, 1.807) is 11.3 Å². The predicted molar refractivity (Wildman–Crippen MR) is 99.1 cm³/mol. The Labute approximate surface area is 154 Å². The Balaban J connectivity index is 1.60. The molecule has 2 amide bonds. The molecular weight excluding hydrogens is 370 g/mol. The summed E-state index contributed by atoms with van der Waals surface area (Å²) in [4.78, 5) is 39.5. The van der Waals surface area contributed by atoms with Gasteiger partial charge in [-0.3, -0.25) is 20.0 Å². The van der Waals surface area contributed by atoms with Crippen molar-refractivity contribution in [2.45, 2.75) is 0 Å². The van der Waals surface area contributed by atoms with Crippen molar-refractivity contribution in [1.29, 1.82) is 0 Å². The Morgan fingerprint density at radius 1 is 1.00 bits per heavy atom. The number of carbonyl (C=O) groups is 2. The fraction of sp³-hybridized carbons (Fsp3) is 0. The fourth-order valence-corrected chi connectivity index (χ4v) is 4.60. The number of imide groups is 1. The summed E-state index contributed by atoms with van der Waals surface area (Å²) in [5.41, 5.74) is 4.46. The highest BCUT2D eigenvalue weighted by Gasteiger charge is 2.36. The highest BCUT2D eigenvalue weighted by molar-refractivity contribution is 7.18. The van der Waals surface area contributed by atoms with E-state index in [1.807, 2.05) is 22.9 Å². The average Bonchev–Trinajstić information content (AvgIpc) is 3.38. The molecule has 0 atom stereocenters. The smallest absolute Gasteiger partial charge is 0.271 e. The van der Waals surface area contributed by atoms with Crippen LogP contribution in [0.3, 0.4) is 0 Å². The van der Waals surface area contributed by atoms with Crippen LogP contribution in [0.5, 0.6) is 0 Å². The van der Waals surface area contributed by atoms with Crippen LogP contribution in [-0.4, -0.2) is 31.8 Å². The van der Waals surface area contributed by atoms with Gasteiger partial charge in [0.25, 0.3) is 11.8 Å². The van der Waals surface area contributed by atoms with Gasteiger partial charge in [0.15, 0.2) is 5.82 Å². The number of aromatic nitrogens is 3. The Kier molecular flexibility index (Phi) is 3.30. The summed E-state index contributed by atoms with van der Waals surface area (Å²) in [5, 5.41) is 5.76. The maximum atomic E-state index is 12.6. The number of anilines is 1. The molecule has 0 saturated carbocycles. The van der Waals surface area contributed by atoms with Gasteiger partial charge in [-0.05, 0) is 17.5 Å². The molecule has 0 aliphatic carbocycles. The van der Waals surface area contributed by atoms with E-state index in [9.17, 15) is 9.59 Å². The summed E-state index contributed by atoms with van der Waals surface area (Å²) in [5.74, 6) is -0.452. The van der Waals surface area contributed by atoms with Crippen molar-refractivity contribution in [1.82, 2.24) is 20.0 Å². The van der Waals surface area contributed by atoms with E-state index >= 15 is 0 Å². The standard InChI is InChI=1S/C17H9N5O2S2/c23-16-9-3-4-18-6-10(9)17(24)22(16)21-14-13-11(12-2-1-5-25-12)7-26-15(13)20-8-19-14/h1-8H,(H,19,20,21). The lowest BCUT2D eigenvalue weighted by atomic mass is 10.2. The number of pyridine rings is 1. The van der Waals surface area contributed by atoms with Gasteiger partial charge >= 0.3 is 0 Å². The maximum absolute atomic E-state index is 12.6. The molecule has 0 aromatic carbocycles. The van der Waals surface area contributed by atoms with Crippen LogP contribution >= 0.6 is 22.7 Å². The van der Waals surface area contributed by atoms with E-state index in [1.165, 1.54) is 36.1 Å². The summed E-state index contributed by atoms with van der Waals surface area (Å²) in [7, 11) is 0. The fourth-order valence-electron chi connectivity index (χ4n) is 2.87. The van der Waals surface area contributed by atoms with E-state index in [-0.39, 0.29) is 5.56 Å². The van der Waals surface area contributed by atoms with Gasteiger partial charge < -0.3 is 0 Å². The van der Waals surface area contributed by atoms with Crippen molar-refractivity contribution in [3.63, 3.8) is 0 Å². The number of amides is 2. The summed E-state index contributed by atoms with van der Waals surface area (Å²) >= 11 is 3.10. The van der Waals surface area contributed by atoms with Crippen LogP contribution in [0, 0.1) is 0 Å². The highest BCUT2D eigenvalue weighted by Crippen LogP contribution is 2.38. The number of nitrogens with zero attached hydrogens (tertiary/aromatic N) is 4. The molecule has 1 N–H and O–H groups in total. The minimum atomic E-state index is -0.447. The van der Waals surface area contributed by atoms with E-state index in [0.717, 1.165) is 25.7 Å². The lowest BCUT2D eigenvalue weighted by molar-refractivity contribution is 0.0691. The Morgan fingerprint density at radius 2 is 1.88 bits per heavy atom. The highest BCUT2D eigenvalue weighted by atomic mass is 32.1. The predicted octanol–water partition coefficient (Wildman–Crippen LogP) is 3.44. The molecule has 4 aromatic rings. The van der Waals surface area contributed by atoms with Crippen molar-refractivity contribution >= 4 is 50.5 Å². The molecule has 5 heterocycles. The van der Waals surface area contributed by atoms with Crippen molar-refractivity contribution in [3.8, 4) is 10.4 Å². The minimum absolute atomic E-state index is 0.277. The second-order valence-corrected chi connectivity index (χ2v) is 7.31. The quantitative estimate of drug-likeness (QED) is 0.549. The molecule has 7 nitrogen and oxygen atoms in total. The zero-order valence-corrected chi connectivity index (χ0v) is 14.7. The van der Waals surface area contributed by atoms with Crippen LogP contribution < -0.4 is 5.43 Å². The first-order valence-electron chi connectivity index (χ1n) is 7.59. The van der Waals surface area contributed by atoms with Gasteiger partial charge in [0.2, 0.25) is 0 Å².